The van der Waals surface area contributed by atoms with E-state index in [4.69, 9.17) is 21.1 Å². The van der Waals surface area contributed by atoms with Crippen molar-refractivity contribution < 1.29 is 17.9 Å². The Morgan fingerprint density at radius 3 is 2.54 bits per heavy atom. The van der Waals surface area contributed by atoms with E-state index in [1.54, 1.807) is 36.7 Å². The first-order valence-corrected chi connectivity index (χ1v) is 14.8. The number of benzene rings is 3. The van der Waals surface area contributed by atoms with Gasteiger partial charge in [-0.2, -0.15) is 4.31 Å². The number of methoxy groups -OCH3 is 2. The third-order valence-corrected chi connectivity index (χ3v) is 9.31. The zero-order valence-corrected chi connectivity index (χ0v) is 23.8. The van der Waals surface area contributed by atoms with Gasteiger partial charge in [0, 0.05) is 39.3 Å². The number of fused-ring (bicyclic) bond motifs is 1. The highest BCUT2D eigenvalue weighted by Gasteiger charge is 2.39. The molecule has 4 aromatic rings. The molecule has 0 N–H and O–H groups in total. The minimum atomic E-state index is -3.73. The molecule has 1 fully saturated rings. The lowest BCUT2D eigenvalue weighted by molar-refractivity contribution is 0.381. The third kappa shape index (κ3) is 5.25. The fourth-order valence-corrected chi connectivity index (χ4v) is 7.51. The smallest absolute Gasteiger partial charge is 0.219 e. The van der Waals surface area contributed by atoms with Crippen molar-refractivity contribution in [2.45, 2.75) is 38.1 Å². The number of sulfonamides is 1. The van der Waals surface area contributed by atoms with Crippen LogP contribution in [0.15, 0.2) is 66.7 Å². The summed E-state index contributed by atoms with van der Waals surface area (Å²) in [6, 6.07) is 20.8. The van der Waals surface area contributed by atoms with Crippen LogP contribution in [0.5, 0.6) is 11.5 Å². The SMILES string of the molecule is CC#CCn1c(C2CCCN2S(=O)(=O)Cc2cc(OC)ccc2OC)c(-c2ccccc2)c2cc(Cl)ccc21. The van der Waals surface area contributed by atoms with Crippen LogP contribution in [0.1, 0.15) is 37.1 Å². The lowest BCUT2D eigenvalue weighted by atomic mass is 9.98. The first kappa shape index (κ1) is 27.1. The first-order valence-electron chi connectivity index (χ1n) is 12.8. The van der Waals surface area contributed by atoms with Crippen LogP contribution in [0.25, 0.3) is 22.0 Å². The van der Waals surface area contributed by atoms with Crippen LogP contribution in [0, 0.1) is 11.8 Å². The quantitative estimate of drug-likeness (QED) is 0.225. The summed E-state index contributed by atoms with van der Waals surface area (Å²) in [5, 5.41) is 1.62. The normalized spacial score (nSPS) is 15.7. The van der Waals surface area contributed by atoms with E-state index >= 15 is 0 Å². The summed E-state index contributed by atoms with van der Waals surface area (Å²) in [4.78, 5) is 0. The molecule has 1 aromatic heterocycles. The fraction of sp³-hybridized carbons (Fsp3) is 0.290. The van der Waals surface area contributed by atoms with Gasteiger partial charge in [0.1, 0.15) is 11.5 Å². The Hall–Kier alpha value is -3.44. The average molecular weight is 563 g/mol. The van der Waals surface area contributed by atoms with Gasteiger partial charge in [0.15, 0.2) is 0 Å². The van der Waals surface area contributed by atoms with Crippen molar-refractivity contribution >= 4 is 32.5 Å². The molecule has 202 valence electrons. The number of halogens is 1. The number of aromatic nitrogens is 1. The molecule has 1 aliphatic heterocycles. The van der Waals surface area contributed by atoms with Gasteiger partial charge in [-0.05, 0) is 61.7 Å². The van der Waals surface area contributed by atoms with E-state index in [9.17, 15) is 8.42 Å². The summed E-state index contributed by atoms with van der Waals surface area (Å²) in [5.41, 5.74) is 4.50. The number of rotatable bonds is 8. The lowest BCUT2D eigenvalue weighted by Crippen LogP contribution is -2.33. The van der Waals surface area contributed by atoms with Crippen molar-refractivity contribution in [3.63, 3.8) is 0 Å². The van der Waals surface area contributed by atoms with Gasteiger partial charge in [0.05, 0.1) is 32.6 Å². The maximum atomic E-state index is 14.1. The number of hydrogen-bond acceptors (Lipinski definition) is 4. The highest BCUT2D eigenvalue weighted by molar-refractivity contribution is 7.88. The van der Waals surface area contributed by atoms with Gasteiger partial charge in [-0.25, -0.2) is 8.42 Å². The Morgan fingerprint density at radius 2 is 1.82 bits per heavy atom. The van der Waals surface area contributed by atoms with Crippen molar-refractivity contribution in [3.8, 4) is 34.5 Å². The van der Waals surface area contributed by atoms with E-state index < -0.39 is 10.0 Å². The predicted molar refractivity (Wildman–Crippen MR) is 157 cm³/mol. The van der Waals surface area contributed by atoms with Crippen molar-refractivity contribution in [3.05, 3.63) is 83.0 Å². The van der Waals surface area contributed by atoms with Crippen molar-refractivity contribution in [1.82, 2.24) is 8.87 Å². The van der Waals surface area contributed by atoms with Gasteiger partial charge in [0.25, 0.3) is 0 Å². The van der Waals surface area contributed by atoms with Crippen LogP contribution < -0.4 is 9.47 Å². The molecule has 1 saturated heterocycles. The number of ether oxygens (including phenoxy) is 2. The van der Waals surface area contributed by atoms with Crippen LogP contribution in [0.3, 0.4) is 0 Å². The molecule has 5 rings (SSSR count). The molecule has 0 bridgehead atoms. The summed E-state index contributed by atoms with van der Waals surface area (Å²) < 4.78 is 42.8. The highest BCUT2D eigenvalue weighted by atomic mass is 35.5. The van der Waals surface area contributed by atoms with E-state index in [2.05, 4.69) is 28.5 Å². The molecule has 1 atom stereocenters. The standard InChI is InChI=1S/C31H31ClN2O4S/c1-4-5-17-33-27-15-13-24(32)20-26(27)30(22-10-7-6-8-11-22)31(33)28-12-9-18-34(28)39(35,36)21-23-19-25(37-2)14-16-29(23)38-3/h6-8,10-11,13-16,19-20,28H,9,12,17-18,21H2,1-3H3. The van der Waals surface area contributed by atoms with Crippen LogP contribution in [-0.2, 0) is 22.3 Å². The monoisotopic (exact) mass is 562 g/mol. The topological polar surface area (TPSA) is 60.8 Å². The van der Waals surface area contributed by atoms with E-state index in [0.29, 0.717) is 41.6 Å². The molecular weight excluding hydrogens is 532 g/mol. The predicted octanol–water partition coefficient (Wildman–Crippen LogP) is 6.67. The minimum Gasteiger partial charge on any atom is -0.497 e. The van der Waals surface area contributed by atoms with Gasteiger partial charge in [0.2, 0.25) is 10.0 Å². The van der Waals surface area contributed by atoms with Crippen molar-refractivity contribution in [1.29, 1.82) is 0 Å². The summed E-state index contributed by atoms with van der Waals surface area (Å²) >= 11 is 6.48. The van der Waals surface area contributed by atoms with E-state index in [1.165, 1.54) is 0 Å². The molecule has 3 aromatic carbocycles. The maximum absolute atomic E-state index is 14.1. The Morgan fingerprint density at radius 1 is 1.03 bits per heavy atom. The number of hydrogen-bond donors (Lipinski definition) is 0. The largest absolute Gasteiger partial charge is 0.497 e. The molecular formula is C31H31ClN2O4S. The molecule has 0 amide bonds. The summed E-state index contributed by atoms with van der Waals surface area (Å²) in [5.74, 6) is 7.12. The van der Waals surface area contributed by atoms with Crippen molar-refractivity contribution in [2.75, 3.05) is 20.8 Å². The zero-order valence-electron chi connectivity index (χ0n) is 22.3. The molecule has 0 aliphatic carbocycles. The van der Waals surface area contributed by atoms with Gasteiger partial charge >= 0.3 is 0 Å². The third-order valence-electron chi connectivity index (χ3n) is 7.24. The van der Waals surface area contributed by atoms with Crippen LogP contribution in [-0.4, -0.2) is 38.1 Å². The average Bonchev–Trinajstić information content (AvgIpc) is 3.55. The Balaban J connectivity index is 1.68. The lowest BCUT2D eigenvalue weighted by Gasteiger charge is -2.27. The van der Waals surface area contributed by atoms with Crippen molar-refractivity contribution in [2.24, 2.45) is 0 Å². The molecule has 1 aliphatic rings. The molecule has 39 heavy (non-hydrogen) atoms. The van der Waals surface area contributed by atoms with Crippen LogP contribution >= 0.6 is 11.6 Å². The summed E-state index contributed by atoms with van der Waals surface area (Å²) in [7, 11) is -0.623. The van der Waals surface area contributed by atoms with Gasteiger partial charge in [-0.3, -0.25) is 0 Å². The Kier molecular flexibility index (Phi) is 7.90. The van der Waals surface area contributed by atoms with Gasteiger partial charge in [-0.15, -0.1) is 5.92 Å². The van der Waals surface area contributed by atoms with Crippen LogP contribution in [0.4, 0.5) is 0 Å². The minimum absolute atomic E-state index is 0.189. The fourth-order valence-electron chi connectivity index (χ4n) is 5.55. The summed E-state index contributed by atoms with van der Waals surface area (Å²) in [6.07, 6.45) is 1.47. The van der Waals surface area contributed by atoms with Crippen LogP contribution in [0.2, 0.25) is 5.02 Å². The molecule has 2 heterocycles. The molecule has 6 nitrogen and oxygen atoms in total. The summed E-state index contributed by atoms with van der Waals surface area (Å²) in [6.45, 7) is 2.70. The first-order chi connectivity index (χ1) is 18.9. The second kappa shape index (κ2) is 11.4. The zero-order chi connectivity index (χ0) is 27.6. The molecule has 0 spiro atoms. The molecule has 8 heteroatoms. The second-order valence-corrected chi connectivity index (χ2v) is 11.9. The number of nitrogens with zero attached hydrogens (tertiary/aromatic N) is 2. The molecule has 1 unspecified atom stereocenters. The second-order valence-electron chi connectivity index (χ2n) is 9.50. The maximum Gasteiger partial charge on any atom is 0.219 e. The van der Waals surface area contributed by atoms with E-state index in [-0.39, 0.29) is 11.8 Å². The van der Waals surface area contributed by atoms with Gasteiger partial charge in [-0.1, -0.05) is 47.9 Å². The van der Waals surface area contributed by atoms with Gasteiger partial charge < -0.3 is 14.0 Å². The molecule has 0 saturated carbocycles. The highest BCUT2D eigenvalue weighted by Crippen LogP contribution is 2.45. The Bertz CT molecular complexity index is 1670. The van der Waals surface area contributed by atoms with E-state index in [1.807, 2.05) is 43.3 Å². The Labute approximate surface area is 235 Å². The van der Waals surface area contributed by atoms with E-state index in [0.717, 1.165) is 34.1 Å². The molecule has 0 radical (unpaired) electrons.